The number of benzene rings is 1. The molecule has 0 saturated carbocycles. The van der Waals surface area contributed by atoms with Gasteiger partial charge in [-0.05, 0) is 25.5 Å². The van der Waals surface area contributed by atoms with E-state index < -0.39 is 5.60 Å². The molecule has 0 atom stereocenters. The summed E-state index contributed by atoms with van der Waals surface area (Å²) >= 11 is 0. The second kappa shape index (κ2) is 5.90. The summed E-state index contributed by atoms with van der Waals surface area (Å²) in [5.41, 5.74) is 7.46. The summed E-state index contributed by atoms with van der Waals surface area (Å²) in [5.74, 6) is 0. The van der Waals surface area contributed by atoms with Crippen LogP contribution in [-0.4, -0.2) is 53.2 Å². The summed E-state index contributed by atoms with van der Waals surface area (Å²) in [7, 11) is 0. The highest BCUT2D eigenvalue weighted by Crippen LogP contribution is 2.15. The maximum Gasteiger partial charge on any atom is 0.0718 e. The van der Waals surface area contributed by atoms with Gasteiger partial charge in [0.1, 0.15) is 0 Å². The van der Waals surface area contributed by atoms with Crippen molar-refractivity contribution in [3.05, 3.63) is 29.8 Å². The molecule has 1 aromatic rings. The Balaban J connectivity index is 1.82. The van der Waals surface area contributed by atoms with Crippen LogP contribution in [0.4, 0.5) is 5.69 Å². The minimum atomic E-state index is -0.605. The van der Waals surface area contributed by atoms with Crippen molar-refractivity contribution in [3.63, 3.8) is 0 Å². The third kappa shape index (κ3) is 4.49. The van der Waals surface area contributed by atoms with Gasteiger partial charge in [-0.2, -0.15) is 0 Å². The zero-order valence-electron chi connectivity index (χ0n) is 12.0. The smallest absolute Gasteiger partial charge is 0.0718 e. The molecular weight excluding hydrogens is 238 g/mol. The van der Waals surface area contributed by atoms with Gasteiger partial charge in [-0.25, -0.2) is 0 Å². The Bertz CT molecular complexity index is 406. The zero-order valence-corrected chi connectivity index (χ0v) is 12.0. The quantitative estimate of drug-likeness (QED) is 0.800. The van der Waals surface area contributed by atoms with Gasteiger partial charge in [0.15, 0.2) is 0 Å². The number of β-amino-alcohol motifs (C(OH)–C–C–N with tert-alkyl or cyclic N) is 1. The number of nitrogens with two attached hydrogens (primary N) is 1. The number of aliphatic hydroxyl groups is 1. The predicted octanol–water partition coefficient (Wildman–Crippen LogP) is 1.16. The molecule has 0 unspecified atom stereocenters. The van der Waals surface area contributed by atoms with E-state index in [9.17, 15) is 5.11 Å². The van der Waals surface area contributed by atoms with Crippen LogP contribution in [-0.2, 0) is 6.54 Å². The van der Waals surface area contributed by atoms with Crippen LogP contribution in [0.2, 0.25) is 0 Å². The number of anilines is 1. The highest BCUT2D eigenvalue weighted by molar-refractivity contribution is 5.46. The van der Waals surface area contributed by atoms with Crippen molar-refractivity contribution in [1.82, 2.24) is 9.80 Å². The number of hydrogen-bond acceptors (Lipinski definition) is 4. The van der Waals surface area contributed by atoms with Crippen molar-refractivity contribution in [2.45, 2.75) is 26.0 Å². The summed E-state index contributed by atoms with van der Waals surface area (Å²) in [5, 5.41) is 9.84. The number of para-hydroxylation sites is 1. The highest BCUT2D eigenvalue weighted by Gasteiger charge is 2.22. The standard InChI is InChI=1S/C15H25N3O/c1-15(2,19)12-18-9-7-17(8-10-18)11-13-5-3-4-6-14(13)16/h3-6,19H,7-12,16H2,1-2H3. The summed E-state index contributed by atoms with van der Waals surface area (Å²) in [6, 6.07) is 8.06. The molecule has 0 radical (unpaired) electrons. The van der Waals surface area contributed by atoms with Crippen molar-refractivity contribution in [2.75, 3.05) is 38.5 Å². The van der Waals surface area contributed by atoms with E-state index in [2.05, 4.69) is 15.9 Å². The summed E-state index contributed by atoms with van der Waals surface area (Å²) in [4.78, 5) is 4.75. The Hall–Kier alpha value is -1.10. The Morgan fingerprint density at radius 1 is 1.11 bits per heavy atom. The van der Waals surface area contributed by atoms with Crippen molar-refractivity contribution in [2.24, 2.45) is 0 Å². The number of piperazine rings is 1. The average molecular weight is 263 g/mol. The Morgan fingerprint density at radius 2 is 1.68 bits per heavy atom. The van der Waals surface area contributed by atoms with E-state index in [1.54, 1.807) is 0 Å². The SMILES string of the molecule is CC(C)(O)CN1CCN(Cc2ccccc2N)CC1. The van der Waals surface area contributed by atoms with Crippen molar-refractivity contribution in [3.8, 4) is 0 Å². The normalized spacial score (nSPS) is 18.7. The zero-order chi connectivity index (χ0) is 13.9. The first-order chi connectivity index (χ1) is 8.94. The minimum absolute atomic E-state index is 0.605. The molecule has 106 valence electrons. The molecule has 3 N–H and O–H groups in total. The molecular formula is C15H25N3O. The lowest BCUT2D eigenvalue weighted by Crippen LogP contribution is -2.50. The largest absolute Gasteiger partial charge is 0.398 e. The molecule has 1 fully saturated rings. The van der Waals surface area contributed by atoms with E-state index in [0.717, 1.165) is 45.0 Å². The molecule has 0 aromatic heterocycles. The predicted molar refractivity (Wildman–Crippen MR) is 78.9 cm³/mol. The van der Waals surface area contributed by atoms with Gasteiger partial charge in [0.2, 0.25) is 0 Å². The van der Waals surface area contributed by atoms with E-state index in [0.29, 0.717) is 0 Å². The lowest BCUT2D eigenvalue weighted by Gasteiger charge is -2.37. The maximum absolute atomic E-state index is 9.84. The highest BCUT2D eigenvalue weighted by atomic mass is 16.3. The first kappa shape index (κ1) is 14.3. The van der Waals surface area contributed by atoms with Crippen LogP contribution in [0.25, 0.3) is 0 Å². The van der Waals surface area contributed by atoms with Gasteiger partial charge in [0.25, 0.3) is 0 Å². The fourth-order valence-electron chi connectivity index (χ4n) is 2.57. The van der Waals surface area contributed by atoms with Gasteiger partial charge in [0, 0.05) is 45.0 Å². The molecule has 0 spiro atoms. The van der Waals surface area contributed by atoms with Crippen LogP contribution in [0.5, 0.6) is 0 Å². The minimum Gasteiger partial charge on any atom is -0.398 e. The van der Waals surface area contributed by atoms with Crippen LogP contribution >= 0.6 is 0 Å². The Labute approximate surface area is 115 Å². The lowest BCUT2D eigenvalue weighted by atomic mass is 10.1. The topological polar surface area (TPSA) is 52.7 Å². The first-order valence-electron chi connectivity index (χ1n) is 6.94. The van der Waals surface area contributed by atoms with Crippen LogP contribution in [0, 0.1) is 0 Å². The summed E-state index contributed by atoms with van der Waals surface area (Å²) in [6.45, 7) is 9.48. The van der Waals surface area contributed by atoms with E-state index in [1.165, 1.54) is 5.56 Å². The van der Waals surface area contributed by atoms with Gasteiger partial charge in [-0.1, -0.05) is 18.2 Å². The van der Waals surface area contributed by atoms with Gasteiger partial charge < -0.3 is 10.8 Å². The van der Waals surface area contributed by atoms with Crippen LogP contribution in [0.3, 0.4) is 0 Å². The van der Waals surface area contributed by atoms with E-state index in [-0.39, 0.29) is 0 Å². The van der Waals surface area contributed by atoms with Crippen molar-refractivity contribution >= 4 is 5.69 Å². The van der Waals surface area contributed by atoms with Gasteiger partial charge in [-0.3, -0.25) is 9.80 Å². The van der Waals surface area contributed by atoms with Crippen molar-refractivity contribution < 1.29 is 5.11 Å². The molecule has 4 heteroatoms. The van der Waals surface area contributed by atoms with Crippen molar-refractivity contribution in [1.29, 1.82) is 0 Å². The molecule has 0 aliphatic carbocycles. The molecule has 2 rings (SSSR count). The second-order valence-electron chi connectivity index (χ2n) is 6.06. The van der Waals surface area contributed by atoms with E-state index in [1.807, 2.05) is 32.0 Å². The maximum atomic E-state index is 9.84. The van der Waals surface area contributed by atoms with E-state index in [4.69, 9.17) is 5.73 Å². The van der Waals surface area contributed by atoms with E-state index >= 15 is 0 Å². The summed E-state index contributed by atoms with van der Waals surface area (Å²) < 4.78 is 0. The van der Waals surface area contributed by atoms with Gasteiger partial charge >= 0.3 is 0 Å². The molecule has 1 aliphatic heterocycles. The van der Waals surface area contributed by atoms with Crippen LogP contribution in [0.1, 0.15) is 19.4 Å². The number of rotatable bonds is 4. The first-order valence-corrected chi connectivity index (χ1v) is 6.94. The fourth-order valence-corrected chi connectivity index (χ4v) is 2.57. The molecule has 1 saturated heterocycles. The average Bonchev–Trinajstić information content (AvgIpc) is 2.33. The Kier molecular flexibility index (Phi) is 4.45. The molecule has 1 heterocycles. The molecule has 0 amide bonds. The number of hydrogen-bond donors (Lipinski definition) is 2. The number of nitrogen functional groups attached to an aromatic ring is 1. The third-order valence-electron chi connectivity index (χ3n) is 3.52. The van der Waals surface area contributed by atoms with Crippen LogP contribution in [0.15, 0.2) is 24.3 Å². The Morgan fingerprint density at radius 3 is 2.26 bits per heavy atom. The molecule has 1 aliphatic rings. The molecule has 19 heavy (non-hydrogen) atoms. The fraction of sp³-hybridized carbons (Fsp3) is 0.600. The molecule has 4 nitrogen and oxygen atoms in total. The number of nitrogens with zero attached hydrogens (tertiary/aromatic N) is 2. The van der Waals surface area contributed by atoms with Gasteiger partial charge in [0.05, 0.1) is 5.60 Å². The van der Waals surface area contributed by atoms with Gasteiger partial charge in [-0.15, -0.1) is 0 Å². The third-order valence-corrected chi connectivity index (χ3v) is 3.52. The summed E-state index contributed by atoms with van der Waals surface area (Å²) in [6.07, 6.45) is 0. The lowest BCUT2D eigenvalue weighted by molar-refractivity contribution is 0.0167. The molecule has 1 aromatic carbocycles. The second-order valence-corrected chi connectivity index (χ2v) is 6.06. The molecule has 0 bridgehead atoms. The monoisotopic (exact) mass is 263 g/mol. The van der Waals surface area contributed by atoms with Crippen LogP contribution < -0.4 is 5.73 Å².